The standard InChI is InChI=1S/C16H27N3O.HI/c1-13(2)14(3)19-16(17-4)18-10-11-20-12-15-8-6-5-7-9-15;/h5-9,13-14H,10-12H2,1-4H3,(H2,17,18,19);1H. The van der Waals surface area contributed by atoms with E-state index >= 15 is 0 Å². The van der Waals surface area contributed by atoms with Crippen LogP contribution in [0.15, 0.2) is 35.3 Å². The maximum atomic E-state index is 5.62. The summed E-state index contributed by atoms with van der Waals surface area (Å²) < 4.78 is 5.62. The molecular weight excluding hydrogens is 377 g/mol. The van der Waals surface area contributed by atoms with Crippen molar-refractivity contribution in [3.8, 4) is 0 Å². The molecule has 1 aromatic rings. The predicted octanol–water partition coefficient (Wildman–Crippen LogP) is 3.03. The summed E-state index contributed by atoms with van der Waals surface area (Å²) in [4.78, 5) is 4.21. The van der Waals surface area contributed by atoms with Crippen molar-refractivity contribution in [1.29, 1.82) is 0 Å². The Kier molecular flexibility index (Phi) is 11.3. The van der Waals surface area contributed by atoms with Crippen LogP contribution in [-0.2, 0) is 11.3 Å². The molecule has 0 saturated heterocycles. The van der Waals surface area contributed by atoms with E-state index < -0.39 is 0 Å². The second-order valence-electron chi connectivity index (χ2n) is 5.21. The molecule has 0 fully saturated rings. The molecule has 0 saturated carbocycles. The molecule has 1 atom stereocenters. The summed E-state index contributed by atoms with van der Waals surface area (Å²) in [6, 6.07) is 10.6. The average Bonchev–Trinajstić information content (AvgIpc) is 2.46. The number of hydrogen-bond donors (Lipinski definition) is 2. The lowest BCUT2D eigenvalue weighted by atomic mass is 10.1. The van der Waals surface area contributed by atoms with Gasteiger partial charge in [-0.05, 0) is 18.4 Å². The van der Waals surface area contributed by atoms with Gasteiger partial charge in [0.25, 0.3) is 0 Å². The van der Waals surface area contributed by atoms with Crippen LogP contribution in [0, 0.1) is 5.92 Å². The van der Waals surface area contributed by atoms with E-state index in [1.54, 1.807) is 7.05 Å². The first-order chi connectivity index (χ1) is 9.63. The number of hydrogen-bond acceptors (Lipinski definition) is 2. The maximum Gasteiger partial charge on any atom is 0.191 e. The van der Waals surface area contributed by atoms with E-state index in [1.807, 2.05) is 18.2 Å². The summed E-state index contributed by atoms with van der Waals surface area (Å²) in [5, 5.41) is 6.61. The molecule has 21 heavy (non-hydrogen) atoms. The third-order valence-electron chi connectivity index (χ3n) is 3.24. The Morgan fingerprint density at radius 1 is 1.19 bits per heavy atom. The van der Waals surface area contributed by atoms with Crippen LogP contribution in [0.2, 0.25) is 0 Å². The number of ether oxygens (including phenoxy) is 1. The lowest BCUT2D eigenvalue weighted by molar-refractivity contribution is 0.125. The van der Waals surface area contributed by atoms with Crippen molar-refractivity contribution in [3.63, 3.8) is 0 Å². The van der Waals surface area contributed by atoms with Crippen molar-refractivity contribution in [2.24, 2.45) is 10.9 Å². The highest BCUT2D eigenvalue weighted by Gasteiger charge is 2.08. The molecular formula is C16H28IN3O. The zero-order chi connectivity index (χ0) is 14.8. The largest absolute Gasteiger partial charge is 0.375 e. The second kappa shape index (κ2) is 11.8. The lowest BCUT2D eigenvalue weighted by Crippen LogP contribution is -2.45. The number of benzene rings is 1. The molecule has 0 aliphatic rings. The van der Waals surface area contributed by atoms with Crippen LogP contribution < -0.4 is 10.6 Å². The van der Waals surface area contributed by atoms with Crippen LogP contribution >= 0.6 is 24.0 Å². The van der Waals surface area contributed by atoms with Crippen molar-refractivity contribution in [3.05, 3.63) is 35.9 Å². The van der Waals surface area contributed by atoms with Crippen molar-refractivity contribution in [1.82, 2.24) is 10.6 Å². The minimum atomic E-state index is 0. The molecule has 0 spiro atoms. The minimum Gasteiger partial charge on any atom is -0.375 e. The summed E-state index contributed by atoms with van der Waals surface area (Å²) in [6.45, 7) is 8.59. The zero-order valence-corrected chi connectivity index (χ0v) is 15.8. The topological polar surface area (TPSA) is 45.7 Å². The monoisotopic (exact) mass is 405 g/mol. The van der Waals surface area contributed by atoms with E-state index in [0.717, 1.165) is 12.5 Å². The molecule has 0 aromatic heterocycles. The molecule has 5 heteroatoms. The fraction of sp³-hybridized carbons (Fsp3) is 0.562. The minimum absolute atomic E-state index is 0. The molecule has 0 heterocycles. The highest BCUT2D eigenvalue weighted by molar-refractivity contribution is 14.0. The first-order valence-electron chi connectivity index (χ1n) is 7.22. The molecule has 0 aliphatic carbocycles. The average molecular weight is 405 g/mol. The summed E-state index contributed by atoms with van der Waals surface area (Å²) in [5.74, 6) is 1.40. The smallest absolute Gasteiger partial charge is 0.191 e. The van der Waals surface area contributed by atoms with Gasteiger partial charge in [0, 0.05) is 19.6 Å². The quantitative estimate of drug-likeness (QED) is 0.317. The van der Waals surface area contributed by atoms with Gasteiger partial charge in [-0.2, -0.15) is 0 Å². The summed E-state index contributed by atoms with van der Waals surface area (Å²) in [5.41, 5.74) is 1.20. The van der Waals surface area contributed by atoms with E-state index in [4.69, 9.17) is 4.74 Å². The molecule has 1 unspecified atom stereocenters. The molecule has 0 amide bonds. The number of halogens is 1. The van der Waals surface area contributed by atoms with Crippen LogP contribution in [-0.4, -0.2) is 32.2 Å². The Labute approximate surface area is 145 Å². The van der Waals surface area contributed by atoms with Crippen molar-refractivity contribution in [2.75, 3.05) is 20.2 Å². The molecule has 120 valence electrons. The fourth-order valence-corrected chi connectivity index (χ4v) is 1.58. The Morgan fingerprint density at radius 2 is 1.86 bits per heavy atom. The summed E-state index contributed by atoms with van der Waals surface area (Å²) >= 11 is 0. The third kappa shape index (κ3) is 8.93. The predicted molar refractivity (Wildman–Crippen MR) is 100 cm³/mol. The van der Waals surface area contributed by atoms with Gasteiger partial charge in [-0.15, -0.1) is 24.0 Å². The third-order valence-corrected chi connectivity index (χ3v) is 3.24. The number of rotatable bonds is 7. The first kappa shape index (κ1) is 20.2. The molecule has 2 N–H and O–H groups in total. The molecule has 1 aromatic carbocycles. The molecule has 0 bridgehead atoms. The van der Waals surface area contributed by atoms with Gasteiger partial charge in [-0.1, -0.05) is 44.2 Å². The van der Waals surface area contributed by atoms with Gasteiger partial charge >= 0.3 is 0 Å². The van der Waals surface area contributed by atoms with Gasteiger partial charge in [-0.25, -0.2) is 0 Å². The number of nitrogens with zero attached hydrogens (tertiary/aromatic N) is 1. The summed E-state index contributed by atoms with van der Waals surface area (Å²) in [6.07, 6.45) is 0. The Bertz CT molecular complexity index is 396. The van der Waals surface area contributed by atoms with Gasteiger partial charge in [0.2, 0.25) is 0 Å². The van der Waals surface area contributed by atoms with Crippen LogP contribution in [0.4, 0.5) is 0 Å². The maximum absolute atomic E-state index is 5.62. The van der Waals surface area contributed by atoms with Gasteiger partial charge in [0.05, 0.1) is 13.2 Å². The van der Waals surface area contributed by atoms with Gasteiger partial charge in [0.15, 0.2) is 5.96 Å². The second-order valence-corrected chi connectivity index (χ2v) is 5.21. The number of nitrogens with one attached hydrogen (secondary N) is 2. The van der Waals surface area contributed by atoms with E-state index in [2.05, 4.69) is 48.5 Å². The first-order valence-corrected chi connectivity index (χ1v) is 7.22. The van der Waals surface area contributed by atoms with E-state index in [1.165, 1.54) is 5.56 Å². The number of aliphatic imine (C=N–C) groups is 1. The van der Waals surface area contributed by atoms with Crippen LogP contribution in [0.5, 0.6) is 0 Å². The fourth-order valence-electron chi connectivity index (χ4n) is 1.58. The Balaban J connectivity index is 0.00000400. The number of guanidine groups is 1. The van der Waals surface area contributed by atoms with Crippen molar-refractivity contribution < 1.29 is 4.74 Å². The highest BCUT2D eigenvalue weighted by Crippen LogP contribution is 2.00. The van der Waals surface area contributed by atoms with Gasteiger partial charge < -0.3 is 15.4 Å². The Morgan fingerprint density at radius 3 is 2.43 bits per heavy atom. The van der Waals surface area contributed by atoms with Crippen LogP contribution in [0.25, 0.3) is 0 Å². The lowest BCUT2D eigenvalue weighted by Gasteiger charge is -2.20. The normalized spacial score (nSPS) is 12.7. The van der Waals surface area contributed by atoms with Crippen LogP contribution in [0.3, 0.4) is 0 Å². The molecule has 0 radical (unpaired) electrons. The molecule has 1 rings (SSSR count). The van der Waals surface area contributed by atoms with E-state index in [0.29, 0.717) is 25.2 Å². The van der Waals surface area contributed by atoms with E-state index in [9.17, 15) is 0 Å². The highest BCUT2D eigenvalue weighted by atomic mass is 127. The van der Waals surface area contributed by atoms with Crippen molar-refractivity contribution >= 4 is 29.9 Å². The molecule has 0 aliphatic heterocycles. The van der Waals surface area contributed by atoms with Gasteiger partial charge in [-0.3, -0.25) is 4.99 Å². The zero-order valence-electron chi connectivity index (χ0n) is 13.4. The van der Waals surface area contributed by atoms with Crippen molar-refractivity contribution in [2.45, 2.75) is 33.4 Å². The van der Waals surface area contributed by atoms with E-state index in [-0.39, 0.29) is 24.0 Å². The SMILES string of the molecule is CN=C(NCCOCc1ccccc1)NC(C)C(C)C.I. The van der Waals surface area contributed by atoms with Gasteiger partial charge in [0.1, 0.15) is 0 Å². The summed E-state index contributed by atoms with van der Waals surface area (Å²) in [7, 11) is 1.78. The molecule has 4 nitrogen and oxygen atoms in total. The van der Waals surface area contributed by atoms with Crippen LogP contribution in [0.1, 0.15) is 26.3 Å². The Hall–Kier alpha value is -0.820.